The van der Waals surface area contributed by atoms with E-state index in [4.69, 9.17) is 0 Å². The van der Waals surface area contributed by atoms with Gasteiger partial charge in [0.15, 0.2) is 5.96 Å². The summed E-state index contributed by atoms with van der Waals surface area (Å²) in [5.41, 5.74) is 1.28. The third-order valence-electron chi connectivity index (χ3n) is 4.21. The zero-order chi connectivity index (χ0) is 18.7. The molecule has 0 aliphatic carbocycles. The maximum absolute atomic E-state index is 4.68. The van der Waals surface area contributed by atoms with E-state index in [1.165, 1.54) is 5.56 Å². The van der Waals surface area contributed by atoms with Gasteiger partial charge in [-0.15, -0.1) is 0 Å². The minimum Gasteiger partial charge on any atom is -0.357 e. The molecule has 6 heteroatoms. The van der Waals surface area contributed by atoms with Crippen LogP contribution in [0.15, 0.2) is 17.4 Å². The number of hydrogen-bond donors (Lipinski definition) is 2. The Kier molecular flexibility index (Phi) is 10.2. The molecule has 0 amide bonds. The highest BCUT2D eigenvalue weighted by atomic mass is 15.2. The van der Waals surface area contributed by atoms with Crippen molar-refractivity contribution < 1.29 is 0 Å². The number of aromatic nitrogens is 2. The summed E-state index contributed by atoms with van der Waals surface area (Å²) in [6, 6.07) is 1.18. The van der Waals surface area contributed by atoms with Gasteiger partial charge in [0.05, 0.1) is 6.20 Å². The van der Waals surface area contributed by atoms with Crippen molar-refractivity contribution in [3.63, 3.8) is 0 Å². The number of nitrogens with one attached hydrogen (secondary N) is 2. The molecule has 0 aliphatic heterocycles. The van der Waals surface area contributed by atoms with Gasteiger partial charge < -0.3 is 10.6 Å². The molecule has 1 rings (SSSR count). The molecular formula is C19H38N6. The second-order valence-electron chi connectivity index (χ2n) is 7.09. The number of hydrogen-bond acceptors (Lipinski definition) is 3. The molecule has 0 atom stereocenters. The number of aryl methyl sites for hydroxylation is 2. The highest BCUT2D eigenvalue weighted by molar-refractivity contribution is 5.79. The van der Waals surface area contributed by atoms with Gasteiger partial charge in [-0.1, -0.05) is 0 Å². The molecule has 0 spiro atoms. The number of guanidine groups is 1. The molecule has 1 aromatic heterocycles. The standard InChI is InChI=1S/C19H38N6/c1-7-20-19(21-11-8-10-18-14-23-24(6)15-18)22-12-9-13-25(16(2)3)17(4)5/h14-17H,7-13H2,1-6H3,(H2,20,21,22). The van der Waals surface area contributed by atoms with E-state index in [1.54, 1.807) is 0 Å². The Hall–Kier alpha value is -1.56. The van der Waals surface area contributed by atoms with Crippen molar-refractivity contribution >= 4 is 5.96 Å². The van der Waals surface area contributed by atoms with Gasteiger partial charge >= 0.3 is 0 Å². The van der Waals surface area contributed by atoms with Gasteiger partial charge in [0.1, 0.15) is 0 Å². The quantitative estimate of drug-likeness (QED) is 0.366. The van der Waals surface area contributed by atoms with Crippen molar-refractivity contribution in [2.24, 2.45) is 12.0 Å². The summed E-state index contributed by atoms with van der Waals surface area (Å²) < 4.78 is 1.85. The van der Waals surface area contributed by atoms with Crippen LogP contribution in [0.4, 0.5) is 0 Å². The van der Waals surface area contributed by atoms with Crippen LogP contribution in [0, 0.1) is 0 Å². The van der Waals surface area contributed by atoms with E-state index in [0.717, 1.165) is 51.4 Å². The lowest BCUT2D eigenvalue weighted by molar-refractivity contribution is 0.173. The molecule has 0 bridgehead atoms. The van der Waals surface area contributed by atoms with Crippen LogP contribution in [0.3, 0.4) is 0 Å². The molecule has 2 N–H and O–H groups in total. The van der Waals surface area contributed by atoms with Gasteiger partial charge in [-0.05, 0) is 59.4 Å². The number of rotatable bonds is 11. The summed E-state index contributed by atoms with van der Waals surface area (Å²) in [6.07, 6.45) is 7.19. The Balaban J connectivity index is 2.30. The van der Waals surface area contributed by atoms with Crippen molar-refractivity contribution in [1.82, 2.24) is 25.3 Å². The Labute approximate surface area is 154 Å². The lowest BCUT2D eigenvalue weighted by Gasteiger charge is -2.30. The summed E-state index contributed by atoms with van der Waals surface area (Å²) >= 11 is 0. The van der Waals surface area contributed by atoms with Gasteiger partial charge in [-0.2, -0.15) is 5.10 Å². The molecular weight excluding hydrogens is 312 g/mol. The highest BCUT2D eigenvalue weighted by Crippen LogP contribution is 2.05. The predicted octanol–water partition coefficient (Wildman–Crippen LogP) is 2.42. The topological polar surface area (TPSA) is 57.5 Å². The molecule has 144 valence electrons. The van der Waals surface area contributed by atoms with Gasteiger partial charge in [0, 0.05) is 51.5 Å². The summed E-state index contributed by atoms with van der Waals surface area (Å²) in [5.74, 6) is 0.925. The van der Waals surface area contributed by atoms with Crippen LogP contribution < -0.4 is 10.6 Å². The summed E-state index contributed by atoms with van der Waals surface area (Å²) in [7, 11) is 1.95. The molecule has 1 heterocycles. The van der Waals surface area contributed by atoms with Gasteiger partial charge in [0.25, 0.3) is 0 Å². The zero-order valence-corrected chi connectivity index (χ0v) is 17.0. The SMILES string of the molecule is CCNC(=NCCCc1cnn(C)c1)NCCCN(C(C)C)C(C)C. The summed E-state index contributed by atoms with van der Waals surface area (Å²) in [4.78, 5) is 7.20. The summed E-state index contributed by atoms with van der Waals surface area (Å²) in [5, 5.41) is 11.0. The molecule has 1 aromatic rings. The smallest absolute Gasteiger partial charge is 0.191 e. The van der Waals surface area contributed by atoms with E-state index >= 15 is 0 Å². The normalized spacial score (nSPS) is 12.4. The molecule has 0 saturated carbocycles. The van der Waals surface area contributed by atoms with Crippen LogP contribution in [-0.2, 0) is 13.5 Å². The maximum Gasteiger partial charge on any atom is 0.191 e. The predicted molar refractivity (Wildman–Crippen MR) is 107 cm³/mol. The van der Waals surface area contributed by atoms with E-state index in [2.05, 4.69) is 66.4 Å². The number of aliphatic imine (C=N–C) groups is 1. The second kappa shape index (κ2) is 11.9. The monoisotopic (exact) mass is 350 g/mol. The van der Waals surface area contributed by atoms with E-state index in [1.807, 2.05) is 17.9 Å². The Morgan fingerprint density at radius 1 is 1.20 bits per heavy atom. The van der Waals surface area contributed by atoms with Crippen LogP contribution in [0.1, 0.15) is 53.0 Å². The fourth-order valence-corrected chi connectivity index (χ4v) is 3.00. The van der Waals surface area contributed by atoms with Crippen molar-refractivity contribution in [2.75, 3.05) is 26.2 Å². The molecule has 0 fully saturated rings. The fraction of sp³-hybridized carbons (Fsp3) is 0.789. The largest absolute Gasteiger partial charge is 0.357 e. The van der Waals surface area contributed by atoms with E-state index < -0.39 is 0 Å². The Morgan fingerprint density at radius 2 is 1.92 bits per heavy atom. The van der Waals surface area contributed by atoms with Gasteiger partial charge in [-0.3, -0.25) is 14.6 Å². The second-order valence-corrected chi connectivity index (χ2v) is 7.09. The molecule has 0 aliphatic rings. The Bertz CT molecular complexity index is 484. The zero-order valence-electron chi connectivity index (χ0n) is 17.0. The minimum atomic E-state index is 0.592. The van der Waals surface area contributed by atoms with Crippen molar-refractivity contribution in [3.05, 3.63) is 18.0 Å². The first kappa shape index (κ1) is 21.5. The molecule has 6 nitrogen and oxygen atoms in total. The Morgan fingerprint density at radius 3 is 2.48 bits per heavy atom. The van der Waals surface area contributed by atoms with Crippen LogP contribution in [-0.4, -0.2) is 58.9 Å². The molecule has 0 radical (unpaired) electrons. The van der Waals surface area contributed by atoms with Crippen LogP contribution in [0.5, 0.6) is 0 Å². The average Bonchev–Trinajstić information content (AvgIpc) is 2.95. The highest BCUT2D eigenvalue weighted by Gasteiger charge is 2.12. The summed E-state index contributed by atoms with van der Waals surface area (Å²) in [6.45, 7) is 14.9. The van der Waals surface area contributed by atoms with E-state index in [0.29, 0.717) is 12.1 Å². The molecule has 0 unspecified atom stereocenters. The van der Waals surface area contributed by atoms with Crippen LogP contribution in [0.2, 0.25) is 0 Å². The first-order chi connectivity index (χ1) is 11.9. The molecule has 25 heavy (non-hydrogen) atoms. The first-order valence-corrected chi connectivity index (χ1v) is 9.69. The van der Waals surface area contributed by atoms with Crippen LogP contribution in [0.25, 0.3) is 0 Å². The van der Waals surface area contributed by atoms with Crippen molar-refractivity contribution in [1.29, 1.82) is 0 Å². The molecule has 0 saturated heterocycles. The van der Waals surface area contributed by atoms with Crippen molar-refractivity contribution in [2.45, 2.75) is 66.0 Å². The van der Waals surface area contributed by atoms with Gasteiger partial charge in [0.2, 0.25) is 0 Å². The third kappa shape index (κ3) is 8.91. The lowest BCUT2D eigenvalue weighted by atomic mass is 10.2. The maximum atomic E-state index is 4.68. The van der Waals surface area contributed by atoms with Crippen LogP contribution >= 0.6 is 0 Å². The average molecular weight is 351 g/mol. The van der Waals surface area contributed by atoms with Crippen molar-refractivity contribution in [3.8, 4) is 0 Å². The van der Waals surface area contributed by atoms with E-state index in [-0.39, 0.29) is 0 Å². The lowest BCUT2D eigenvalue weighted by Crippen LogP contribution is -2.41. The van der Waals surface area contributed by atoms with E-state index in [9.17, 15) is 0 Å². The van der Waals surface area contributed by atoms with Gasteiger partial charge in [-0.25, -0.2) is 0 Å². The first-order valence-electron chi connectivity index (χ1n) is 9.69. The third-order valence-corrected chi connectivity index (χ3v) is 4.21. The fourth-order valence-electron chi connectivity index (χ4n) is 3.00. The number of nitrogens with zero attached hydrogens (tertiary/aromatic N) is 4. The minimum absolute atomic E-state index is 0.592. The molecule has 0 aromatic carbocycles.